The Hall–Kier alpha value is -1.62. The minimum Gasteiger partial charge on any atom is -0.306 e. The number of fused-ring (bicyclic) bond motifs is 1. The van der Waals surface area contributed by atoms with Crippen LogP contribution in [0.15, 0.2) is 23.0 Å². The summed E-state index contributed by atoms with van der Waals surface area (Å²) in [5.41, 5.74) is 0.757. The number of rotatable bonds is 2. The van der Waals surface area contributed by atoms with Crippen molar-refractivity contribution in [1.29, 1.82) is 0 Å². The van der Waals surface area contributed by atoms with Crippen LogP contribution in [0.3, 0.4) is 0 Å². The molecule has 1 aromatic heterocycles. The van der Waals surface area contributed by atoms with Crippen LogP contribution in [0.25, 0.3) is 11.0 Å². The summed E-state index contributed by atoms with van der Waals surface area (Å²) in [4.78, 5) is 16.8. The maximum Gasteiger partial charge on any atom is 0.326 e. The summed E-state index contributed by atoms with van der Waals surface area (Å²) in [6.45, 7) is 2.60. The van der Waals surface area contributed by atoms with Crippen molar-refractivity contribution >= 4 is 11.0 Å². The maximum atomic E-state index is 13.8. The van der Waals surface area contributed by atoms with E-state index in [0.717, 1.165) is 19.5 Å². The third-order valence-corrected chi connectivity index (χ3v) is 3.67. The number of hydrogen-bond donors (Lipinski definition) is 1. The van der Waals surface area contributed by atoms with Crippen molar-refractivity contribution in [3.63, 3.8) is 0 Å². The van der Waals surface area contributed by atoms with Gasteiger partial charge in [-0.2, -0.15) is 0 Å². The second-order valence-electron chi connectivity index (χ2n) is 5.09. The molecule has 0 aliphatic carbocycles. The molecule has 18 heavy (non-hydrogen) atoms. The fraction of sp³-hybridized carbons (Fsp3) is 0.462. The number of aromatic amines is 1. The lowest BCUT2D eigenvalue weighted by Gasteiger charge is -2.11. The Morgan fingerprint density at radius 1 is 1.50 bits per heavy atom. The van der Waals surface area contributed by atoms with Gasteiger partial charge in [0.25, 0.3) is 0 Å². The molecule has 0 spiro atoms. The zero-order valence-corrected chi connectivity index (χ0v) is 10.3. The highest BCUT2D eigenvalue weighted by atomic mass is 19.1. The number of hydrogen-bond acceptors (Lipinski definition) is 2. The molecule has 0 saturated carbocycles. The summed E-state index contributed by atoms with van der Waals surface area (Å²) < 4.78 is 15.4. The molecule has 1 N–H and O–H groups in total. The Bertz CT molecular complexity index is 631. The molecule has 4 nitrogen and oxygen atoms in total. The minimum atomic E-state index is -0.336. The summed E-state index contributed by atoms with van der Waals surface area (Å²) in [7, 11) is 2.07. The van der Waals surface area contributed by atoms with Crippen LogP contribution in [-0.2, 0) is 6.54 Å². The van der Waals surface area contributed by atoms with Crippen LogP contribution < -0.4 is 5.69 Å². The van der Waals surface area contributed by atoms with Gasteiger partial charge in [-0.25, -0.2) is 9.18 Å². The van der Waals surface area contributed by atoms with Gasteiger partial charge in [0.2, 0.25) is 0 Å². The van der Waals surface area contributed by atoms with E-state index in [0.29, 0.717) is 23.5 Å². The van der Waals surface area contributed by atoms with Crippen LogP contribution >= 0.6 is 0 Å². The highest BCUT2D eigenvalue weighted by Gasteiger charge is 2.22. The molecule has 2 heterocycles. The van der Waals surface area contributed by atoms with E-state index in [1.165, 1.54) is 10.6 Å². The third kappa shape index (κ3) is 1.84. The molecule has 1 aliphatic heterocycles. The molecule has 0 bridgehead atoms. The van der Waals surface area contributed by atoms with Crippen molar-refractivity contribution in [1.82, 2.24) is 14.5 Å². The molecule has 2 aromatic rings. The monoisotopic (exact) mass is 249 g/mol. The molecule has 3 rings (SSSR count). The van der Waals surface area contributed by atoms with Gasteiger partial charge < -0.3 is 9.88 Å². The van der Waals surface area contributed by atoms with Crippen LogP contribution in [0, 0.1) is 11.7 Å². The minimum absolute atomic E-state index is 0.218. The van der Waals surface area contributed by atoms with E-state index in [9.17, 15) is 9.18 Å². The number of aromatic nitrogens is 2. The van der Waals surface area contributed by atoms with Gasteiger partial charge in [0.05, 0.1) is 5.52 Å². The van der Waals surface area contributed by atoms with E-state index in [1.807, 2.05) is 0 Å². The first kappa shape index (κ1) is 11.5. The fourth-order valence-electron chi connectivity index (χ4n) is 2.78. The first-order chi connectivity index (χ1) is 8.65. The number of para-hydroxylation sites is 1. The van der Waals surface area contributed by atoms with Crippen LogP contribution in [0.5, 0.6) is 0 Å². The van der Waals surface area contributed by atoms with Gasteiger partial charge in [0.15, 0.2) is 0 Å². The first-order valence-corrected chi connectivity index (χ1v) is 6.20. The molecule has 1 unspecified atom stereocenters. The Morgan fingerprint density at radius 3 is 3.06 bits per heavy atom. The molecule has 0 amide bonds. The van der Waals surface area contributed by atoms with Gasteiger partial charge in [0, 0.05) is 13.1 Å². The Kier molecular flexibility index (Phi) is 2.70. The third-order valence-electron chi connectivity index (χ3n) is 3.67. The van der Waals surface area contributed by atoms with Crippen LogP contribution in [0.2, 0.25) is 0 Å². The van der Waals surface area contributed by atoms with E-state index in [2.05, 4.69) is 16.9 Å². The average Bonchev–Trinajstić information content (AvgIpc) is 2.85. The predicted molar refractivity (Wildman–Crippen MR) is 68.1 cm³/mol. The number of imidazole rings is 1. The molecule has 1 saturated heterocycles. The first-order valence-electron chi connectivity index (χ1n) is 6.20. The lowest BCUT2D eigenvalue weighted by atomic mass is 10.1. The van der Waals surface area contributed by atoms with Crippen molar-refractivity contribution in [2.24, 2.45) is 5.92 Å². The summed E-state index contributed by atoms with van der Waals surface area (Å²) in [5.74, 6) is 0.0866. The molecule has 0 radical (unpaired) electrons. The predicted octanol–water partition coefficient (Wildman–Crippen LogP) is 1.42. The van der Waals surface area contributed by atoms with Gasteiger partial charge in [-0.15, -0.1) is 0 Å². The van der Waals surface area contributed by atoms with Crippen molar-refractivity contribution in [3.8, 4) is 0 Å². The summed E-state index contributed by atoms with van der Waals surface area (Å²) >= 11 is 0. The Labute approximate surface area is 104 Å². The molecular weight excluding hydrogens is 233 g/mol. The van der Waals surface area contributed by atoms with E-state index >= 15 is 0 Å². The van der Waals surface area contributed by atoms with Crippen LogP contribution in [0.1, 0.15) is 6.42 Å². The molecule has 96 valence electrons. The molecule has 1 fully saturated rings. The number of nitrogens with zero attached hydrogens (tertiary/aromatic N) is 2. The van der Waals surface area contributed by atoms with Gasteiger partial charge in [0.1, 0.15) is 11.3 Å². The normalized spacial score (nSPS) is 20.9. The number of likely N-dealkylation sites (tertiary alicyclic amines) is 1. The summed E-state index contributed by atoms with van der Waals surface area (Å²) in [6, 6.07) is 4.74. The number of H-pyrrole nitrogens is 1. The largest absolute Gasteiger partial charge is 0.326 e. The van der Waals surface area contributed by atoms with E-state index in [4.69, 9.17) is 0 Å². The van der Waals surface area contributed by atoms with Crippen molar-refractivity contribution in [2.75, 3.05) is 20.1 Å². The van der Waals surface area contributed by atoms with E-state index in [1.54, 1.807) is 12.1 Å². The van der Waals surface area contributed by atoms with Crippen molar-refractivity contribution in [3.05, 3.63) is 34.5 Å². The van der Waals surface area contributed by atoms with Crippen molar-refractivity contribution < 1.29 is 4.39 Å². The van der Waals surface area contributed by atoms with Gasteiger partial charge in [-0.1, -0.05) is 6.07 Å². The van der Waals surface area contributed by atoms with Crippen LogP contribution in [-0.4, -0.2) is 34.6 Å². The van der Waals surface area contributed by atoms with Gasteiger partial charge in [-0.05, 0) is 38.1 Å². The van der Waals surface area contributed by atoms with Crippen molar-refractivity contribution in [2.45, 2.75) is 13.0 Å². The fourth-order valence-corrected chi connectivity index (χ4v) is 2.78. The second kappa shape index (κ2) is 4.24. The maximum absolute atomic E-state index is 13.8. The molecule has 1 atom stereocenters. The van der Waals surface area contributed by atoms with Gasteiger partial charge in [-0.3, -0.25) is 4.57 Å². The quantitative estimate of drug-likeness (QED) is 0.874. The lowest BCUT2D eigenvalue weighted by Crippen LogP contribution is -2.23. The second-order valence-corrected chi connectivity index (χ2v) is 5.09. The molecular formula is C13H16FN3O. The Morgan fingerprint density at radius 2 is 2.33 bits per heavy atom. The van der Waals surface area contributed by atoms with Crippen LogP contribution in [0.4, 0.5) is 4.39 Å². The standard InChI is InChI=1S/C13H16FN3O/c1-16-6-5-9(7-16)8-17-12-10(14)3-2-4-11(12)15-13(17)18/h2-4,9H,5-8H2,1H3,(H,15,18). The molecule has 5 heteroatoms. The van der Waals surface area contributed by atoms with Gasteiger partial charge >= 0.3 is 5.69 Å². The SMILES string of the molecule is CN1CCC(Cn2c(=O)[nH]c3cccc(F)c32)C1. The smallest absolute Gasteiger partial charge is 0.306 e. The molecule has 1 aromatic carbocycles. The highest BCUT2D eigenvalue weighted by Crippen LogP contribution is 2.20. The summed E-state index contributed by atoms with van der Waals surface area (Å²) in [6.07, 6.45) is 1.06. The topological polar surface area (TPSA) is 41.0 Å². The zero-order valence-electron chi connectivity index (χ0n) is 10.3. The lowest BCUT2D eigenvalue weighted by molar-refractivity contribution is 0.377. The molecule has 1 aliphatic rings. The zero-order chi connectivity index (χ0) is 12.7. The number of halogens is 1. The highest BCUT2D eigenvalue weighted by molar-refractivity contribution is 5.75. The van der Waals surface area contributed by atoms with E-state index in [-0.39, 0.29) is 11.5 Å². The van der Waals surface area contributed by atoms with E-state index < -0.39 is 0 Å². The average molecular weight is 249 g/mol. The summed E-state index contributed by atoms with van der Waals surface area (Å²) in [5, 5.41) is 0. The number of nitrogens with one attached hydrogen (secondary N) is 1. The Balaban J connectivity index is 2.01. The number of benzene rings is 1.